The molecule has 1 aliphatic heterocycles. The van der Waals surface area contributed by atoms with Gasteiger partial charge in [0.15, 0.2) is 0 Å². The number of hydrogen-bond donors (Lipinski definition) is 0. The molecule has 0 radical (unpaired) electrons. The van der Waals surface area contributed by atoms with E-state index in [0.29, 0.717) is 0 Å². The molecule has 0 fully saturated rings. The number of nitrogens with zero attached hydrogens (tertiary/aromatic N) is 3. The third-order valence-corrected chi connectivity index (χ3v) is 2.14. The number of azo groups is 1. The molecule has 0 saturated carbocycles. The van der Waals surface area contributed by atoms with E-state index in [1.807, 2.05) is 0 Å². The molecule has 5 nitrogen and oxygen atoms in total. The first kappa shape index (κ1) is 10.5. The lowest BCUT2D eigenvalue weighted by Gasteiger charge is -2.25. The van der Waals surface area contributed by atoms with E-state index >= 15 is 0 Å². The molecule has 0 aliphatic carbocycles. The predicted octanol–water partition coefficient (Wildman–Crippen LogP) is 1.14. The lowest BCUT2D eigenvalue weighted by Crippen LogP contribution is -2.44. The van der Waals surface area contributed by atoms with Gasteiger partial charge in [-0.15, -0.1) is 10.2 Å². The Hall–Kier alpha value is -0.540. The third kappa shape index (κ3) is 1.58. The highest BCUT2D eigenvalue weighted by Crippen LogP contribution is 2.40. The van der Waals surface area contributed by atoms with Gasteiger partial charge in [-0.05, 0) is 11.6 Å². The van der Waals surface area contributed by atoms with Crippen LogP contribution in [0.2, 0.25) is 0 Å². The quantitative estimate of drug-likeness (QED) is 0.504. The standard InChI is InChI=1S/C3HClF3N3O2S/c4-1-8-3(10-9-1,13(11)12)2(5,6)7/h(H,11,12)/p-1. The van der Waals surface area contributed by atoms with Crippen LogP contribution in [0.1, 0.15) is 0 Å². The molecule has 0 spiro atoms. The second-order valence-electron chi connectivity index (χ2n) is 1.92. The van der Waals surface area contributed by atoms with E-state index in [9.17, 15) is 21.9 Å². The van der Waals surface area contributed by atoms with Gasteiger partial charge in [0.25, 0.3) is 0 Å². The van der Waals surface area contributed by atoms with E-state index < -0.39 is 27.5 Å². The van der Waals surface area contributed by atoms with Crippen molar-refractivity contribution in [1.29, 1.82) is 0 Å². The van der Waals surface area contributed by atoms with E-state index in [1.165, 1.54) is 0 Å². The summed E-state index contributed by atoms with van der Waals surface area (Å²) < 4.78 is 56.9. The fraction of sp³-hybridized carbons (Fsp3) is 0.667. The van der Waals surface area contributed by atoms with Gasteiger partial charge >= 0.3 is 11.2 Å². The largest absolute Gasteiger partial charge is 0.769 e. The summed E-state index contributed by atoms with van der Waals surface area (Å²) in [6, 6.07) is 0. The lowest BCUT2D eigenvalue weighted by molar-refractivity contribution is -0.158. The van der Waals surface area contributed by atoms with E-state index in [-0.39, 0.29) is 0 Å². The van der Waals surface area contributed by atoms with Crippen molar-refractivity contribution in [2.45, 2.75) is 11.2 Å². The van der Waals surface area contributed by atoms with Crippen molar-refractivity contribution in [3.63, 3.8) is 0 Å². The Balaban J connectivity index is 3.22. The summed E-state index contributed by atoms with van der Waals surface area (Å²) in [5.74, 6) is 0. The number of hydrogen-bond acceptors (Lipinski definition) is 5. The first-order valence-electron chi connectivity index (χ1n) is 2.64. The maximum Gasteiger partial charge on any atom is 0.447 e. The van der Waals surface area contributed by atoms with Crippen LogP contribution in [0.3, 0.4) is 0 Å². The first-order valence-corrected chi connectivity index (χ1v) is 4.09. The van der Waals surface area contributed by atoms with Gasteiger partial charge in [-0.2, -0.15) is 13.2 Å². The average molecular weight is 235 g/mol. The highest BCUT2D eigenvalue weighted by atomic mass is 35.5. The predicted molar refractivity (Wildman–Crippen MR) is 35.8 cm³/mol. The van der Waals surface area contributed by atoms with E-state index in [2.05, 4.69) is 15.2 Å². The third-order valence-electron chi connectivity index (χ3n) is 1.11. The van der Waals surface area contributed by atoms with Gasteiger partial charge in [-0.25, -0.2) is 4.99 Å². The molecule has 1 aliphatic rings. The van der Waals surface area contributed by atoms with Crippen molar-refractivity contribution < 1.29 is 21.9 Å². The molecule has 1 heterocycles. The van der Waals surface area contributed by atoms with Crippen molar-refractivity contribution in [3.05, 3.63) is 0 Å². The maximum absolute atomic E-state index is 12.1. The lowest BCUT2D eigenvalue weighted by atomic mass is 10.5. The monoisotopic (exact) mass is 234 g/mol. The summed E-state index contributed by atoms with van der Waals surface area (Å²) in [4.78, 5) is -0.964. The maximum atomic E-state index is 12.1. The number of alkyl halides is 3. The minimum absolute atomic E-state index is 0.846. The van der Waals surface area contributed by atoms with Crippen LogP contribution in [0.4, 0.5) is 13.2 Å². The Morgan fingerprint density at radius 2 is 2.08 bits per heavy atom. The van der Waals surface area contributed by atoms with Crippen LogP contribution in [-0.4, -0.2) is 25.2 Å². The van der Waals surface area contributed by atoms with Crippen molar-refractivity contribution >= 4 is 28.0 Å². The van der Waals surface area contributed by atoms with E-state index in [0.717, 1.165) is 0 Å². The van der Waals surface area contributed by atoms with Gasteiger partial charge in [0.2, 0.25) is 5.29 Å². The van der Waals surface area contributed by atoms with Gasteiger partial charge in [0, 0.05) is 11.1 Å². The van der Waals surface area contributed by atoms with Crippen LogP contribution < -0.4 is 0 Å². The topological polar surface area (TPSA) is 77.2 Å². The molecule has 13 heavy (non-hydrogen) atoms. The molecule has 0 aromatic carbocycles. The Morgan fingerprint density at radius 1 is 1.54 bits per heavy atom. The summed E-state index contributed by atoms with van der Waals surface area (Å²) in [7, 11) is 0. The number of rotatable bonds is 1. The molecule has 0 N–H and O–H groups in total. The number of halogens is 4. The molecule has 10 heteroatoms. The zero-order valence-corrected chi connectivity index (χ0v) is 7.15. The highest BCUT2D eigenvalue weighted by molar-refractivity contribution is 7.80. The van der Waals surface area contributed by atoms with Crippen molar-refractivity contribution in [3.8, 4) is 0 Å². The Bertz CT molecular complexity index is 315. The summed E-state index contributed by atoms with van der Waals surface area (Å²) in [5.41, 5.74) is 0. The van der Waals surface area contributed by atoms with Crippen molar-refractivity contribution in [2.24, 2.45) is 15.2 Å². The fourth-order valence-corrected chi connectivity index (χ4v) is 1.23. The second-order valence-corrected chi connectivity index (χ2v) is 3.30. The Labute approximate surface area is 77.0 Å². The SMILES string of the molecule is O=S([O-])C1(C(F)(F)F)N=NC(Cl)=N1. The molecule has 0 bridgehead atoms. The second kappa shape index (κ2) is 3.00. The van der Waals surface area contributed by atoms with Crippen LogP contribution >= 0.6 is 11.6 Å². The van der Waals surface area contributed by atoms with Crippen LogP contribution in [0.15, 0.2) is 15.2 Å². The molecule has 0 aromatic rings. The molecule has 0 aromatic heterocycles. The zero-order valence-electron chi connectivity index (χ0n) is 5.58. The molecule has 74 valence electrons. The van der Waals surface area contributed by atoms with Gasteiger partial charge in [-0.1, -0.05) is 0 Å². The minimum atomic E-state index is -5.17. The van der Waals surface area contributed by atoms with E-state index in [4.69, 9.17) is 11.6 Å². The molecule has 2 atom stereocenters. The van der Waals surface area contributed by atoms with Crippen LogP contribution in [0, 0.1) is 0 Å². The van der Waals surface area contributed by atoms with Gasteiger partial charge in [0.05, 0.1) is 0 Å². The van der Waals surface area contributed by atoms with E-state index in [1.54, 1.807) is 0 Å². The van der Waals surface area contributed by atoms with Gasteiger partial charge in [0.1, 0.15) is 0 Å². The summed E-state index contributed by atoms with van der Waals surface area (Å²) in [6.07, 6.45) is -5.17. The Kier molecular flexibility index (Phi) is 2.43. The first-order chi connectivity index (χ1) is 5.79. The van der Waals surface area contributed by atoms with Crippen molar-refractivity contribution in [2.75, 3.05) is 0 Å². The fourth-order valence-electron chi connectivity index (χ4n) is 0.564. The van der Waals surface area contributed by atoms with Crippen LogP contribution in [-0.2, 0) is 11.1 Å². The normalized spacial score (nSPS) is 30.4. The highest BCUT2D eigenvalue weighted by Gasteiger charge is 2.60. The summed E-state index contributed by atoms with van der Waals surface area (Å²) in [5, 5.41) is 4.33. The number of aliphatic imine (C=N–C) groups is 1. The molecule has 0 amide bonds. The molecule has 2 unspecified atom stereocenters. The Morgan fingerprint density at radius 3 is 2.23 bits per heavy atom. The minimum Gasteiger partial charge on any atom is -0.769 e. The zero-order chi connectivity index (χ0) is 10.3. The van der Waals surface area contributed by atoms with Crippen LogP contribution in [0.25, 0.3) is 0 Å². The molecule has 0 saturated heterocycles. The average Bonchev–Trinajstić information content (AvgIpc) is 2.30. The number of amidine groups is 1. The molecule has 1 rings (SSSR count). The summed E-state index contributed by atoms with van der Waals surface area (Å²) in [6.45, 7) is 0. The molecular formula is C3ClF3N3O2S-. The summed E-state index contributed by atoms with van der Waals surface area (Å²) >= 11 is 1.37. The van der Waals surface area contributed by atoms with Crippen molar-refractivity contribution in [1.82, 2.24) is 0 Å². The van der Waals surface area contributed by atoms with Gasteiger partial charge in [-0.3, -0.25) is 4.21 Å². The van der Waals surface area contributed by atoms with Crippen LogP contribution in [0.5, 0.6) is 0 Å². The van der Waals surface area contributed by atoms with Gasteiger partial charge < -0.3 is 4.55 Å². The smallest absolute Gasteiger partial charge is 0.447 e. The molecular weight excluding hydrogens is 235 g/mol.